The SMILES string of the molecule is CCNC(c1c(CC)oc2ccccc12)C1CCOCC1. The van der Waals surface area contributed by atoms with E-state index in [-0.39, 0.29) is 0 Å². The summed E-state index contributed by atoms with van der Waals surface area (Å²) < 4.78 is 11.6. The molecule has 3 heteroatoms. The Labute approximate surface area is 126 Å². The molecule has 0 saturated carbocycles. The van der Waals surface area contributed by atoms with E-state index >= 15 is 0 Å². The molecule has 1 aliphatic rings. The molecule has 0 aliphatic carbocycles. The summed E-state index contributed by atoms with van der Waals surface area (Å²) in [6.07, 6.45) is 3.19. The van der Waals surface area contributed by atoms with Crippen molar-refractivity contribution in [2.75, 3.05) is 19.8 Å². The maximum Gasteiger partial charge on any atom is 0.134 e. The van der Waals surface area contributed by atoms with E-state index in [0.717, 1.165) is 50.4 Å². The van der Waals surface area contributed by atoms with Crippen LogP contribution in [-0.4, -0.2) is 19.8 Å². The van der Waals surface area contributed by atoms with Crippen molar-refractivity contribution < 1.29 is 9.15 Å². The molecule has 0 amide bonds. The Balaban J connectivity index is 2.04. The topological polar surface area (TPSA) is 34.4 Å². The Morgan fingerprint density at radius 3 is 2.67 bits per heavy atom. The summed E-state index contributed by atoms with van der Waals surface area (Å²) in [5, 5.41) is 4.98. The van der Waals surface area contributed by atoms with Gasteiger partial charge in [0, 0.05) is 36.6 Å². The summed E-state index contributed by atoms with van der Waals surface area (Å²) in [4.78, 5) is 0. The van der Waals surface area contributed by atoms with Crippen molar-refractivity contribution in [3.63, 3.8) is 0 Å². The summed E-state index contributed by atoms with van der Waals surface area (Å²) in [5.74, 6) is 1.76. The molecular weight excluding hydrogens is 262 g/mol. The molecule has 1 fully saturated rings. The molecule has 2 aromatic rings. The first-order chi connectivity index (χ1) is 10.3. The lowest BCUT2D eigenvalue weighted by Gasteiger charge is -2.31. The van der Waals surface area contributed by atoms with Crippen LogP contribution in [-0.2, 0) is 11.2 Å². The summed E-state index contributed by atoms with van der Waals surface area (Å²) in [7, 11) is 0. The van der Waals surface area contributed by atoms with E-state index in [0.29, 0.717) is 12.0 Å². The lowest BCUT2D eigenvalue weighted by Crippen LogP contribution is -2.32. The van der Waals surface area contributed by atoms with E-state index < -0.39 is 0 Å². The second kappa shape index (κ2) is 6.63. The van der Waals surface area contributed by atoms with Crippen LogP contribution >= 0.6 is 0 Å². The number of rotatable bonds is 5. The van der Waals surface area contributed by atoms with Gasteiger partial charge in [0.2, 0.25) is 0 Å². The van der Waals surface area contributed by atoms with Crippen LogP contribution in [0.1, 0.15) is 44.1 Å². The van der Waals surface area contributed by atoms with Gasteiger partial charge in [-0.2, -0.15) is 0 Å². The number of fused-ring (bicyclic) bond motifs is 1. The Morgan fingerprint density at radius 1 is 1.19 bits per heavy atom. The van der Waals surface area contributed by atoms with Crippen LogP contribution in [0.15, 0.2) is 28.7 Å². The van der Waals surface area contributed by atoms with Gasteiger partial charge in [0.15, 0.2) is 0 Å². The fraction of sp³-hybridized carbons (Fsp3) is 0.556. The zero-order valence-corrected chi connectivity index (χ0v) is 13.0. The average molecular weight is 287 g/mol. The van der Waals surface area contributed by atoms with Crippen LogP contribution in [0.4, 0.5) is 0 Å². The van der Waals surface area contributed by atoms with E-state index in [1.165, 1.54) is 10.9 Å². The number of ether oxygens (including phenoxy) is 1. The minimum absolute atomic E-state index is 0.373. The van der Waals surface area contributed by atoms with Gasteiger partial charge in [-0.25, -0.2) is 0 Å². The largest absolute Gasteiger partial charge is 0.461 e. The first kappa shape index (κ1) is 14.6. The molecular formula is C18H25NO2. The summed E-state index contributed by atoms with van der Waals surface area (Å²) in [5.41, 5.74) is 2.39. The Kier molecular flexibility index (Phi) is 4.61. The number of furan rings is 1. The summed E-state index contributed by atoms with van der Waals surface area (Å²) >= 11 is 0. The molecule has 1 aliphatic heterocycles. The van der Waals surface area contributed by atoms with Crippen molar-refractivity contribution >= 4 is 11.0 Å². The lowest BCUT2D eigenvalue weighted by molar-refractivity contribution is 0.0537. The van der Waals surface area contributed by atoms with Crippen LogP contribution in [0.25, 0.3) is 11.0 Å². The van der Waals surface area contributed by atoms with E-state index in [9.17, 15) is 0 Å². The number of hydrogen-bond acceptors (Lipinski definition) is 3. The fourth-order valence-electron chi connectivity index (χ4n) is 3.49. The average Bonchev–Trinajstić information content (AvgIpc) is 2.92. The molecule has 3 nitrogen and oxygen atoms in total. The third-order valence-electron chi connectivity index (χ3n) is 4.50. The van der Waals surface area contributed by atoms with Crippen LogP contribution in [0.2, 0.25) is 0 Å². The van der Waals surface area contributed by atoms with Crippen molar-refractivity contribution in [2.24, 2.45) is 5.92 Å². The zero-order chi connectivity index (χ0) is 14.7. The van der Waals surface area contributed by atoms with Gasteiger partial charge < -0.3 is 14.5 Å². The highest BCUT2D eigenvalue weighted by Gasteiger charge is 2.29. The minimum Gasteiger partial charge on any atom is -0.461 e. The van der Waals surface area contributed by atoms with Crippen LogP contribution in [0.5, 0.6) is 0 Å². The molecule has 0 bridgehead atoms. The molecule has 3 rings (SSSR count). The Bertz CT molecular complexity index is 584. The van der Waals surface area contributed by atoms with Crippen molar-refractivity contribution in [1.82, 2.24) is 5.32 Å². The van der Waals surface area contributed by atoms with E-state index in [1.807, 2.05) is 6.07 Å². The predicted octanol–water partition coefficient (Wildman–Crippen LogP) is 4.07. The van der Waals surface area contributed by atoms with Gasteiger partial charge >= 0.3 is 0 Å². The van der Waals surface area contributed by atoms with E-state index in [2.05, 4.69) is 37.4 Å². The van der Waals surface area contributed by atoms with Gasteiger partial charge in [-0.1, -0.05) is 32.0 Å². The molecule has 1 saturated heterocycles. The number of benzene rings is 1. The number of hydrogen-bond donors (Lipinski definition) is 1. The number of aryl methyl sites for hydroxylation is 1. The van der Waals surface area contributed by atoms with Gasteiger partial charge in [0.05, 0.1) is 0 Å². The normalized spacial score (nSPS) is 18.2. The third-order valence-corrected chi connectivity index (χ3v) is 4.50. The van der Waals surface area contributed by atoms with E-state index in [1.54, 1.807) is 0 Å². The molecule has 1 unspecified atom stereocenters. The second-order valence-electron chi connectivity index (χ2n) is 5.77. The quantitative estimate of drug-likeness (QED) is 0.900. The van der Waals surface area contributed by atoms with E-state index in [4.69, 9.17) is 9.15 Å². The van der Waals surface area contributed by atoms with Crippen LogP contribution < -0.4 is 5.32 Å². The summed E-state index contributed by atoms with van der Waals surface area (Å²) in [6.45, 7) is 7.09. The van der Waals surface area contributed by atoms with Crippen LogP contribution in [0.3, 0.4) is 0 Å². The molecule has 21 heavy (non-hydrogen) atoms. The zero-order valence-electron chi connectivity index (χ0n) is 13.0. The third kappa shape index (κ3) is 2.85. The summed E-state index contributed by atoms with van der Waals surface area (Å²) in [6, 6.07) is 8.79. The van der Waals surface area contributed by atoms with Crippen molar-refractivity contribution in [3.8, 4) is 0 Å². The molecule has 1 aromatic heterocycles. The molecule has 1 N–H and O–H groups in total. The molecule has 1 aromatic carbocycles. The predicted molar refractivity (Wildman–Crippen MR) is 85.6 cm³/mol. The highest BCUT2D eigenvalue weighted by Crippen LogP contribution is 2.38. The smallest absolute Gasteiger partial charge is 0.134 e. The first-order valence-electron chi connectivity index (χ1n) is 8.16. The maximum atomic E-state index is 6.10. The molecule has 0 spiro atoms. The molecule has 1 atom stereocenters. The highest BCUT2D eigenvalue weighted by molar-refractivity contribution is 5.82. The first-order valence-corrected chi connectivity index (χ1v) is 8.16. The fourth-order valence-corrected chi connectivity index (χ4v) is 3.49. The number of para-hydroxylation sites is 1. The minimum atomic E-state index is 0.373. The molecule has 114 valence electrons. The monoisotopic (exact) mass is 287 g/mol. The van der Waals surface area contributed by atoms with Crippen molar-refractivity contribution in [2.45, 2.75) is 39.2 Å². The Hall–Kier alpha value is -1.32. The second-order valence-corrected chi connectivity index (χ2v) is 5.77. The van der Waals surface area contributed by atoms with Gasteiger partial charge in [-0.3, -0.25) is 0 Å². The van der Waals surface area contributed by atoms with Crippen molar-refractivity contribution in [3.05, 3.63) is 35.6 Å². The number of nitrogens with one attached hydrogen (secondary N) is 1. The van der Waals surface area contributed by atoms with Crippen LogP contribution in [0, 0.1) is 5.92 Å². The Morgan fingerprint density at radius 2 is 1.95 bits per heavy atom. The lowest BCUT2D eigenvalue weighted by atomic mass is 9.85. The van der Waals surface area contributed by atoms with Gasteiger partial charge in [-0.15, -0.1) is 0 Å². The standard InChI is InChI=1S/C18H25NO2/c1-3-15-17(14-7-5-6-8-16(14)21-15)18(19-4-2)13-9-11-20-12-10-13/h5-8,13,18-19H,3-4,9-12H2,1-2H3. The van der Waals surface area contributed by atoms with Gasteiger partial charge in [0.1, 0.15) is 11.3 Å². The highest BCUT2D eigenvalue weighted by atomic mass is 16.5. The van der Waals surface area contributed by atoms with Gasteiger partial charge in [-0.05, 0) is 31.4 Å². The molecule has 0 radical (unpaired) electrons. The maximum absolute atomic E-state index is 6.10. The van der Waals surface area contributed by atoms with Gasteiger partial charge in [0.25, 0.3) is 0 Å². The van der Waals surface area contributed by atoms with Crippen molar-refractivity contribution in [1.29, 1.82) is 0 Å². The molecule has 2 heterocycles.